The molecule has 1 amide bonds. The van der Waals surface area contributed by atoms with Crippen LogP contribution in [-0.4, -0.2) is 24.0 Å². The fourth-order valence-electron chi connectivity index (χ4n) is 1.54. The van der Waals surface area contributed by atoms with E-state index >= 15 is 0 Å². The van der Waals surface area contributed by atoms with E-state index in [1.807, 2.05) is 6.92 Å². The van der Waals surface area contributed by atoms with E-state index in [2.05, 4.69) is 31.4 Å². The number of carbonyl (C=O) groups is 1. The predicted octanol–water partition coefficient (Wildman–Crippen LogP) is 1.68. The molecule has 0 aromatic heterocycles. The quantitative estimate of drug-likeness (QED) is 0.703. The van der Waals surface area contributed by atoms with Crippen LogP contribution >= 0.6 is 0 Å². The molecule has 0 bridgehead atoms. The number of hydrogen-bond acceptors (Lipinski definition) is 2. The van der Waals surface area contributed by atoms with Crippen molar-refractivity contribution in [3.8, 4) is 0 Å². The van der Waals surface area contributed by atoms with Crippen molar-refractivity contribution in [2.24, 2.45) is 5.92 Å². The van der Waals surface area contributed by atoms with Crippen LogP contribution in [0.15, 0.2) is 0 Å². The van der Waals surface area contributed by atoms with Gasteiger partial charge in [0.25, 0.3) is 0 Å². The van der Waals surface area contributed by atoms with Crippen molar-refractivity contribution in [2.75, 3.05) is 0 Å². The molecule has 0 aromatic rings. The molecule has 3 unspecified atom stereocenters. The average Bonchev–Trinajstić information content (AvgIpc) is 3.00. The van der Waals surface area contributed by atoms with Gasteiger partial charge < -0.3 is 10.6 Å². The zero-order valence-corrected chi connectivity index (χ0v) is 10.3. The third-order valence-electron chi connectivity index (χ3n) is 3.33. The maximum Gasteiger partial charge on any atom is 0.237 e. The van der Waals surface area contributed by atoms with E-state index < -0.39 is 0 Å². The zero-order valence-electron chi connectivity index (χ0n) is 10.3. The first-order valence-corrected chi connectivity index (χ1v) is 6.11. The normalized spacial score (nSPS) is 21.9. The van der Waals surface area contributed by atoms with Crippen LogP contribution in [0.4, 0.5) is 0 Å². The van der Waals surface area contributed by atoms with Gasteiger partial charge in [-0.2, -0.15) is 0 Å². The van der Waals surface area contributed by atoms with Crippen LogP contribution < -0.4 is 10.6 Å². The lowest BCUT2D eigenvalue weighted by Crippen LogP contribution is -2.48. The summed E-state index contributed by atoms with van der Waals surface area (Å²) < 4.78 is 0. The van der Waals surface area contributed by atoms with Crippen molar-refractivity contribution in [1.29, 1.82) is 0 Å². The van der Waals surface area contributed by atoms with Crippen LogP contribution in [0.5, 0.6) is 0 Å². The van der Waals surface area contributed by atoms with E-state index in [-0.39, 0.29) is 11.9 Å². The van der Waals surface area contributed by atoms with Crippen LogP contribution in [0.25, 0.3) is 0 Å². The maximum atomic E-state index is 11.7. The first kappa shape index (κ1) is 12.5. The summed E-state index contributed by atoms with van der Waals surface area (Å²) in [4.78, 5) is 11.7. The molecule has 0 aromatic carbocycles. The first-order valence-electron chi connectivity index (χ1n) is 6.11. The molecule has 0 aliphatic heterocycles. The summed E-state index contributed by atoms with van der Waals surface area (Å²) in [6.07, 6.45) is 3.45. The van der Waals surface area contributed by atoms with Crippen molar-refractivity contribution in [2.45, 2.75) is 65.1 Å². The minimum absolute atomic E-state index is 0.0744. The van der Waals surface area contributed by atoms with Crippen LogP contribution in [0.3, 0.4) is 0 Å². The van der Waals surface area contributed by atoms with Gasteiger partial charge in [-0.05, 0) is 32.6 Å². The SMILES string of the molecule is CCC(C)C(C)NC(C)C(=O)NC1CC1. The summed E-state index contributed by atoms with van der Waals surface area (Å²) in [5, 5.41) is 6.37. The Bertz CT molecular complexity index is 214. The fourth-order valence-corrected chi connectivity index (χ4v) is 1.54. The average molecular weight is 212 g/mol. The van der Waals surface area contributed by atoms with Crippen LogP contribution in [0.1, 0.15) is 47.0 Å². The standard InChI is InChI=1S/C12H24N2O/c1-5-8(2)9(3)13-10(4)12(15)14-11-6-7-11/h8-11,13H,5-7H2,1-4H3,(H,14,15). The topological polar surface area (TPSA) is 41.1 Å². The van der Waals surface area contributed by atoms with Crippen LogP contribution in [0.2, 0.25) is 0 Å². The van der Waals surface area contributed by atoms with E-state index in [0.717, 1.165) is 19.3 Å². The first-order chi connectivity index (χ1) is 7.04. The molecule has 0 saturated heterocycles. The molecular weight excluding hydrogens is 188 g/mol. The lowest BCUT2D eigenvalue weighted by atomic mass is 10.0. The van der Waals surface area contributed by atoms with Gasteiger partial charge in [-0.15, -0.1) is 0 Å². The van der Waals surface area contributed by atoms with Crippen LogP contribution in [0, 0.1) is 5.92 Å². The molecule has 0 heterocycles. The third kappa shape index (κ3) is 4.20. The third-order valence-corrected chi connectivity index (χ3v) is 3.33. The van der Waals surface area contributed by atoms with Gasteiger partial charge in [-0.1, -0.05) is 20.3 Å². The monoisotopic (exact) mass is 212 g/mol. The highest BCUT2D eigenvalue weighted by Gasteiger charge is 2.26. The number of nitrogens with one attached hydrogen (secondary N) is 2. The number of amides is 1. The number of hydrogen-bond donors (Lipinski definition) is 2. The van der Waals surface area contributed by atoms with Gasteiger partial charge >= 0.3 is 0 Å². The molecule has 0 radical (unpaired) electrons. The second-order valence-corrected chi connectivity index (χ2v) is 4.85. The Labute approximate surface area is 93.0 Å². The van der Waals surface area contributed by atoms with Gasteiger partial charge in [0.15, 0.2) is 0 Å². The smallest absolute Gasteiger partial charge is 0.237 e. The molecule has 3 nitrogen and oxygen atoms in total. The maximum absolute atomic E-state index is 11.7. The molecule has 88 valence electrons. The summed E-state index contributed by atoms with van der Waals surface area (Å²) in [6.45, 7) is 8.48. The van der Waals surface area contributed by atoms with Gasteiger partial charge in [0.2, 0.25) is 5.91 Å². The van der Waals surface area contributed by atoms with Crippen molar-refractivity contribution < 1.29 is 4.79 Å². The Balaban J connectivity index is 2.26. The zero-order chi connectivity index (χ0) is 11.4. The van der Waals surface area contributed by atoms with Gasteiger partial charge in [0.05, 0.1) is 6.04 Å². The van der Waals surface area contributed by atoms with Gasteiger partial charge in [-0.3, -0.25) is 4.79 Å². The number of carbonyl (C=O) groups excluding carboxylic acids is 1. The fraction of sp³-hybridized carbons (Fsp3) is 0.917. The molecule has 3 atom stereocenters. The number of rotatable bonds is 6. The summed E-state index contributed by atoms with van der Waals surface area (Å²) >= 11 is 0. The largest absolute Gasteiger partial charge is 0.352 e. The van der Waals surface area contributed by atoms with Crippen molar-refractivity contribution in [1.82, 2.24) is 10.6 Å². The van der Waals surface area contributed by atoms with Gasteiger partial charge in [0, 0.05) is 12.1 Å². The molecule has 15 heavy (non-hydrogen) atoms. The highest BCUT2D eigenvalue weighted by Crippen LogP contribution is 2.18. The minimum Gasteiger partial charge on any atom is -0.352 e. The molecule has 3 heteroatoms. The van der Waals surface area contributed by atoms with Crippen molar-refractivity contribution in [3.05, 3.63) is 0 Å². The van der Waals surface area contributed by atoms with E-state index in [1.165, 1.54) is 0 Å². The minimum atomic E-state index is -0.0744. The molecule has 0 spiro atoms. The second kappa shape index (κ2) is 5.50. The van der Waals surface area contributed by atoms with E-state index in [0.29, 0.717) is 18.0 Å². The van der Waals surface area contributed by atoms with Crippen LogP contribution in [-0.2, 0) is 4.79 Å². The predicted molar refractivity (Wildman–Crippen MR) is 62.7 cm³/mol. The van der Waals surface area contributed by atoms with Crippen molar-refractivity contribution in [3.63, 3.8) is 0 Å². The summed E-state index contributed by atoms with van der Waals surface area (Å²) in [5.74, 6) is 0.758. The highest BCUT2D eigenvalue weighted by molar-refractivity contribution is 5.81. The molecular formula is C12H24N2O. The molecule has 1 saturated carbocycles. The Kier molecular flexibility index (Phi) is 4.58. The van der Waals surface area contributed by atoms with Crippen molar-refractivity contribution >= 4 is 5.91 Å². The Morgan fingerprint density at radius 3 is 2.40 bits per heavy atom. The molecule has 1 aliphatic rings. The highest BCUT2D eigenvalue weighted by atomic mass is 16.2. The second-order valence-electron chi connectivity index (χ2n) is 4.85. The molecule has 1 fully saturated rings. The Morgan fingerprint density at radius 1 is 1.33 bits per heavy atom. The molecule has 1 aliphatic carbocycles. The van der Waals surface area contributed by atoms with Gasteiger partial charge in [-0.25, -0.2) is 0 Å². The summed E-state index contributed by atoms with van der Waals surface area (Å²) in [7, 11) is 0. The molecule has 2 N–H and O–H groups in total. The Hall–Kier alpha value is -0.570. The van der Waals surface area contributed by atoms with E-state index in [1.54, 1.807) is 0 Å². The van der Waals surface area contributed by atoms with E-state index in [4.69, 9.17) is 0 Å². The van der Waals surface area contributed by atoms with E-state index in [9.17, 15) is 4.79 Å². The lowest BCUT2D eigenvalue weighted by Gasteiger charge is -2.24. The molecule has 1 rings (SSSR count). The lowest BCUT2D eigenvalue weighted by molar-refractivity contribution is -0.123. The Morgan fingerprint density at radius 2 is 1.93 bits per heavy atom. The van der Waals surface area contributed by atoms with Gasteiger partial charge in [0.1, 0.15) is 0 Å². The summed E-state index contributed by atoms with van der Waals surface area (Å²) in [6, 6.07) is 0.783. The summed E-state index contributed by atoms with van der Waals surface area (Å²) in [5.41, 5.74) is 0.